The van der Waals surface area contributed by atoms with Gasteiger partial charge in [-0.3, -0.25) is 13.8 Å². The highest BCUT2D eigenvalue weighted by Crippen LogP contribution is 2.26. The van der Waals surface area contributed by atoms with Crippen LogP contribution in [0.15, 0.2) is 30.3 Å². The summed E-state index contributed by atoms with van der Waals surface area (Å²) in [6.07, 6.45) is 5.18. The molecule has 2 N–H and O–H groups in total. The molecule has 0 spiro atoms. The molecule has 1 aromatic heterocycles. The minimum Gasteiger partial charge on any atom is -0.347 e. The van der Waals surface area contributed by atoms with E-state index in [0.29, 0.717) is 24.3 Å². The van der Waals surface area contributed by atoms with Crippen LogP contribution in [0.3, 0.4) is 0 Å². The summed E-state index contributed by atoms with van der Waals surface area (Å²) in [5.41, 5.74) is 1.53. The van der Waals surface area contributed by atoms with Crippen molar-refractivity contribution in [3.63, 3.8) is 0 Å². The van der Waals surface area contributed by atoms with Crippen LogP contribution in [0.5, 0.6) is 0 Å². The number of benzene rings is 1. The zero-order valence-electron chi connectivity index (χ0n) is 17.4. The van der Waals surface area contributed by atoms with Gasteiger partial charge >= 0.3 is 0 Å². The van der Waals surface area contributed by atoms with E-state index in [-0.39, 0.29) is 23.8 Å². The van der Waals surface area contributed by atoms with Gasteiger partial charge < -0.3 is 15.2 Å². The van der Waals surface area contributed by atoms with Crippen LogP contribution >= 0.6 is 0 Å². The maximum atomic E-state index is 13.0. The molecule has 1 fully saturated rings. The number of aryl methyl sites for hydroxylation is 1. The molecule has 2 aromatic rings. The first-order valence-electron chi connectivity index (χ1n) is 10.3. The number of fused-ring (bicyclic) bond motifs is 1. The van der Waals surface area contributed by atoms with E-state index in [0.717, 1.165) is 30.2 Å². The lowest BCUT2D eigenvalue weighted by Crippen LogP contribution is -2.50. The molecule has 1 saturated carbocycles. The Balaban J connectivity index is 1.69. The minimum atomic E-state index is -1.01. The molecule has 4 atom stereocenters. The standard InChI is InChI=1S/C22H28N4O3S/c1-26-19-10-6-3-7-15(19)13-20(26)22(28)25-18-9-5-4-8-17(18)21(27)24-16(14-23)11-12-30(2)29/h3,6-7,10,13,16-18H,4-5,8-9,11-12H2,1-2H3,(H,24,27)(H,25,28). The van der Waals surface area contributed by atoms with E-state index >= 15 is 0 Å². The van der Waals surface area contributed by atoms with Gasteiger partial charge in [0, 0.05) is 46.8 Å². The Kier molecular flexibility index (Phi) is 7.27. The third kappa shape index (κ3) is 5.08. The second kappa shape index (κ2) is 9.90. The number of rotatable bonds is 7. The van der Waals surface area contributed by atoms with E-state index in [9.17, 15) is 19.1 Å². The highest BCUT2D eigenvalue weighted by Gasteiger charge is 2.33. The van der Waals surface area contributed by atoms with Gasteiger partial charge in [0.25, 0.3) is 5.91 Å². The fraction of sp³-hybridized carbons (Fsp3) is 0.500. The first-order chi connectivity index (χ1) is 14.4. The molecule has 1 heterocycles. The average Bonchev–Trinajstić information content (AvgIpc) is 3.08. The Bertz CT molecular complexity index is 994. The quantitative estimate of drug-likeness (QED) is 0.706. The Labute approximate surface area is 179 Å². The summed E-state index contributed by atoms with van der Waals surface area (Å²) >= 11 is 0. The third-order valence-electron chi connectivity index (χ3n) is 5.77. The van der Waals surface area contributed by atoms with Crippen LogP contribution in [0.4, 0.5) is 0 Å². The molecular weight excluding hydrogens is 400 g/mol. The maximum Gasteiger partial charge on any atom is 0.268 e. The third-order valence-corrected chi connectivity index (χ3v) is 6.58. The van der Waals surface area contributed by atoms with Crippen LogP contribution < -0.4 is 10.6 Å². The summed E-state index contributed by atoms with van der Waals surface area (Å²) in [5, 5.41) is 16.1. The summed E-state index contributed by atoms with van der Waals surface area (Å²) in [5.74, 6) is -0.424. The molecule has 1 aliphatic carbocycles. The Morgan fingerprint density at radius 3 is 2.73 bits per heavy atom. The van der Waals surface area contributed by atoms with Crippen molar-refractivity contribution in [2.75, 3.05) is 12.0 Å². The Morgan fingerprint density at radius 2 is 2.03 bits per heavy atom. The highest BCUT2D eigenvalue weighted by molar-refractivity contribution is 7.84. The van der Waals surface area contributed by atoms with Crippen LogP contribution in [0.2, 0.25) is 0 Å². The lowest BCUT2D eigenvalue weighted by Gasteiger charge is -2.31. The molecule has 0 bridgehead atoms. The summed E-state index contributed by atoms with van der Waals surface area (Å²) in [7, 11) is 0.844. The number of nitriles is 1. The predicted octanol–water partition coefficient (Wildman–Crippen LogP) is 2.24. The number of para-hydroxylation sites is 1. The van der Waals surface area contributed by atoms with Crippen LogP contribution in [0.1, 0.15) is 42.6 Å². The van der Waals surface area contributed by atoms with Crippen molar-refractivity contribution in [2.24, 2.45) is 13.0 Å². The molecule has 160 valence electrons. The lowest BCUT2D eigenvalue weighted by atomic mass is 9.83. The smallest absolute Gasteiger partial charge is 0.268 e. The SMILES string of the molecule is Cn1c(C(=O)NC2CCCCC2C(=O)NC(C#N)CCS(C)=O)cc2ccccc21. The first-order valence-corrected chi connectivity index (χ1v) is 12.0. The largest absolute Gasteiger partial charge is 0.347 e. The van der Waals surface area contributed by atoms with Crippen molar-refractivity contribution < 1.29 is 13.8 Å². The molecule has 2 amide bonds. The van der Waals surface area contributed by atoms with Crippen molar-refractivity contribution in [2.45, 2.75) is 44.2 Å². The second-order valence-electron chi connectivity index (χ2n) is 7.87. The molecular formula is C22H28N4O3S. The van der Waals surface area contributed by atoms with Gasteiger partial charge in [0.05, 0.1) is 12.0 Å². The van der Waals surface area contributed by atoms with Gasteiger partial charge in [-0.05, 0) is 31.4 Å². The van der Waals surface area contributed by atoms with Gasteiger partial charge in [0.15, 0.2) is 0 Å². The van der Waals surface area contributed by atoms with E-state index in [1.165, 1.54) is 0 Å². The maximum absolute atomic E-state index is 13.0. The number of nitrogens with zero attached hydrogens (tertiary/aromatic N) is 2. The molecule has 1 aromatic carbocycles. The van der Waals surface area contributed by atoms with Gasteiger partial charge in [-0.1, -0.05) is 31.0 Å². The Morgan fingerprint density at radius 1 is 1.30 bits per heavy atom. The average molecular weight is 429 g/mol. The molecule has 3 rings (SSSR count). The fourth-order valence-corrected chi connectivity index (χ4v) is 4.67. The second-order valence-corrected chi connectivity index (χ2v) is 9.43. The summed E-state index contributed by atoms with van der Waals surface area (Å²) in [4.78, 5) is 25.8. The van der Waals surface area contributed by atoms with E-state index < -0.39 is 16.8 Å². The molecule has 7 nitrogen and oxygen atoms in total. The van der Waals surface area contributed by atoms with Gasteiger partial charge in [-0.25, -0.2) is 0 Å². The van der Waals surface area contributed by atoms with Crippen LogP contribution in [0.25, 0.3) is 10.9 Å². The van der Waals surface area contributed by atoms with E-state index in [4.69, 9.17) is 0 Å². The zero-order valence-corrected chi connectivity index (χ0v) is 18.2. The molecule has 30 heavy (non-hydrogen) atoms. The normalized spacial score (nSPS) is 20.8. The van der Waals surface area contributed by atoms with Gasteiger partial charge in [-0.15, -0.1) is 0 Å². The molecule has 8 heteroatoms. The number of hydrogen-bond donors (Lipinski definition) is 2. The summed E-state index contributed by atoms with van der Waals surface area (Å²) in [6.45, 7) is 0. The number of hydrogen-bond acceptors (Lipinski definition) is 4. The van der Waals surface area contributed by atoms with Crippen molar-refractivity contribution in [3.8, 4) is 6.07 Å². The number of carbonyl (C=O) groups excluding carboxylic acids is 2. The zero-order chi connectivity index (χ0) is 21.7. The number of amides is 2. The number of nitrogens with one attached hydrogen (secondary N) is 2. The van der Waals surface area contributed by atoms with Crippen LogP contribution in [-0.4, -0.2) is 44.7 Å². The summed E-state index contributed by atoms with van der Waals surface area (Å²) < 4.78 is 13.2. The van der Waals surface area contributed by atoms with Gasteiger partial charge in [0.1, 0.15) is 11.7 Å². The summed E-state index contributed by atoms with van der Waals surface area (Å²) in [6, 6.07) is 10.8. The number of aromatic nitrogens is 1. The molecule has 0 saturated heterocycles. The van der Waals surface area contributed by atoms with Crippen molar-refractivity contribution >= 4 is 33.5 Å². The van der Waals surface area contributed by atoms with E-state index in [1.54, 1.807) is 6.26 Å². The van der Waals surface area contributed by atoms with Crippen molar-refractivity contribution in [3.05, 3.63) is 36.0 Å². The van der Waals surface area contributed by atoms with Crippen LogP contribution in [0, 0.1) is 17.2 Å². The first kappa shape index (κ1) is 22.0. The van der Waals surface area contributed by atoms with Crippen molar-refractivity contribution in [1.82, 2.24) is 15.2 Å². The van der Waals surface area contributed by atoms with E-state index in [2.05, 4.69) is 16.7 Å². The monoisotopic (exact) mass is 428 g/mol. The molecule has 0 aliphatic heterocycles. The van der Waals surface area contributed by atoms with Crippen molar-refractivity contribution in [1.29, 1.82) is 5.26 Å². The highest BCUT2D eigenvalue weighted by atomic mass is 32.2. The fourth-order valence-electron chi connectivity index (χ4n) is 4.10. The molecule has 4 unspecified atom stereocenters. The minimum absolute atomic E-state index is 0.198. The molecule has 0 radical (unpaired) electrons. The lowest BCUT2D eigenvalue weighted by molar-refractivity contribution is -0.127. The topological polar surface area (TPSA) is 104 Å². The van der Waals surface area contributed by atoms with Crippen LogP contribution in [-0.2, 0) is 22.6 Å². The van der Waals surface area contributed by atoms with E-state index in [1.807, 2.05) is 41.9 Å². The van der Waals surface area contributed by atoms with Gasteiger partial charge in [0.2, 0.25) is 5.91 Å². The predicted molar refractivity (Wildman–Crippen MR) is 117 cm³/mol. The van der Waals surface area contributed by atoms with Gasteiger partial charge in [-0.2, -0.15) is 5.26 Å². The number of carbonyl (C=O) groups is 2. The molecule has 1 aliphatic rings. The Hall–Kier alpha value is -2.66.